The van der Waals surface area contributed by atoms with Crippen LogP contribution in [0.25, 0.3) is 0 Å². The fourth-order valence-electron chi connectivity index (χ4n) is 7.77. The van der Waals surface area contributed by atoms with Gasteiger partial charge in [0.05, 0.1) is 12.7 Å². The first-order valence-electron chi connectivity index (χ1n) is 9.78. The first kappa shape index (κ1) is 16.3. The quantitative estimate of drug-likeness (QED) is 0.626. The SMILES string of the molecule is CC12CCC3OC(=O)C=C3C1CCC13CC(CCC21)C(O)(CO)C3O. The van der Waals surface area contributed by atoms with Crippen LogP contribution in [0.3, 0.4) is 0 Å². The van der Waals surface area contributed by atoms with Gasteiger partial charge in [0, 0.05) is 11.5 Å². The summed E-state index contributed by atoms with van der Waals surface area (Å²) in [6.07, 6.45) is 7.13. The number of ether oxygens (including phenoxy) is 1. The third-order valence-corrected chi connectivity index (χ3v) is 8.86. The minimum absolute atomic E-state index is 0.00385. The molecule has 5 rings (SSSR count). The highest BCUT2D eigenvalue weighted by atomic mass is 16.5. The zero-order valence-corrected chi connectivity index (χ0v) is 14.8. The van der Waals surface area contributed by atoms with Crippen LogP contribution in [0.1, 0.15) is 51.9 Å². The summed E-state index contributed by atoms with van der Waals surface area (Å²) in [6, 6.07) is 0. The molecule has 8 atom stereocenters. The van der Waals surface area contributed by atoms with Crippen LogP contribution in [-0.4, -0.2) is 45.7 Å². The van der Waals surface area contributed by atoms with Gasteiger partial charge >= 0.3 is 5.97 Å². The molecule has 25 heavy (non-hydrogen) atoms. The number of carbonyl (C=O) groups is 1. The van der Waals surface area contributed by atoms with E-state index in [4.69, 9.17) is 4.74 Å². The van der Waals surface area contributed by atoms with Crippen molar-refractivity contribution in [3.63, 3.8) is 0 Å². The molecule has 5 aliphatic rings. The van der Waals surface area contributed by atoms with Crippen molar-refractivity contribution in [3.05, 3.63) is 11.6 Å². The summed E-state index contributed by atoms with van der Waals surface area (Å²) in [6.45, 7) is 1.97. The topological polar surface area (TPSA) is 87.0 Å². The summed E-state index contributed by atoms with van der Waals surface area (Å²) >= 11 is 0. The maximum atomic E-state index is 11.8. The smallest absolute Gasteiger partial charge is 0.331 e. The fourth-order valence-corrected chi connectivity index (χ4v) is 7.77. The minimum Gasteiger partial charge on any atom is -0.455 e. The van der Waals surface area contributed by atoms with E-state index in [1.54, 1.807) is 6.08 Å². The number of carbonyl (C=O) groups excluding carboxylic acids is 1. The molecular weight excluding hydrogens is 320 g/mol. The first-order chi connectivity index (χ1) is 11.8. The van der Waals surface area contributed by atoms with E-state index in [1.165, 1.54) is 5.57 Å². The summed E-state index contributed by atoms with van der Waals surface area (Å²) in [7, 11) is 0. The Morgan fingerprint density at radius 2 is 2.04 bits per heavy atom. The molecule has 0 amide bonds. The molecule has 0 aromatic carbocycles. The lowest BCUT2D eigenvalue weighted by Gasteiger charge is -2.61. The molecule has 138 valence electrons. The molecule has 5 nitrogen and oxygen atoms in total. The van der Waals surface area contributed by atoms with Crippen molar-refractivity contribution < 1.29 is 24.9 Å². The van der Waals surface area contributed by atoms with E-state index in [0.29, 0.717) is 11.8 Å². The second kappa shape index (κ2) is 4.87. The van der Waals surface area contributed by atoms with Crippen LogP contribution >= 0.6 is 0 Å². The molecule has 0 aromatic heterocycles. The number of hydrogen-bond donors (Lipinski definition) is 3. The van der Waals surface area contributed by atoms with Crippen molar-refractivity contribution in [2.45, 2.75) is 69.7 Å². The van der Waals surface area contributed by atoms with E-state index in [0.717, 1.165) is 44.9 Å². The van der Waals surface area contributed by atoms with Gasteiger partial charge in [-0.25, -0.2) is 4.79 Å². The lowest BCUT2D eigenvalue weighted by Crippen LogP contribution is -2.58. The molecular formula is C20H28O5. The van der Waals surface area contributed by atoms with E-state index >= 15 is 0 Å². The van der Waals surface area contributed by atoms with Gasteiger partial charge in [-0.1, -0.05) is 6.92 Å². The summed E-state index contributed by atoms with van der Waals surface area (Å²) in [4.78, 5) is 11.8. The molecule has 4 saturated carbocycles. The first-order valence-corrected chi connectivity index (χ1v) is 9.78. The summed E-state index contributed by atoms with van der Waals surface area (Å²) in [5.74, 6) is 0.447. The standard InChI is InChI=1S/C20H28O5/c1-18-6-5-14-12(8-16(22)25-14)13(18)4-7-19-9-11(2-3-15(18)19)20(24,10-21)17(19)23/h8,11,13-15,17,21,23-24H,2-7,9-10H2,1H3. The van der Waals surface area contributed by atoms with Crippen molar-refractivity contribution in [2.24, 2.45) is 28.6 Å². The Hall–Kier alpha value is -0.910. The fraction of sp³-hybridized carbons (Fsp3) is 0.850. The summed E-state index contributed by atoms with van der Waals surface area (Å²) in [5.41, 5.74) is -0.439. The molecule has 0 aromatic rings. The third-order valence-electron chi connectivity index (χ3n) is 8.86. The van der Waals surface area contributed by atoms with Crippen LogP contribution in [0, 0.1) is 28.6 Å². The van der Waals surface area contributed by atoms with Crippen LogP contribution < -0.4 is 0 Å². The number of hydrogen-bond acceptors (Lipinski definition) is 5. The highest BCUT2D eigenvalue weighted by molar-refractivity contribution is 5.86. The van der Waals surface area contributed by atoms with E-state index in [9.17, 15) is 20.1 Å². The van der Waals surface area contributed by atoms with Gasteiger partial charge in [-0.2, -0.15) is 0 Å². The average molecular weight is 348 g/mol. The Morgan fingerprint density at radius 3 is 2.80 bits per heavy atom. The van der Waals surface area contributed by atoms with Gasteiger partial charge < -0.3 is 20.1 Å². The molecule has 0 saturated heterocycles. The van der Waals surface area contributed by atoms with E-state index in [2.05, 4.69) is 6.92 Å². The Balaban J connectivity index is 1.56. The van der Waals surface area contributed by atoms with Gasteiger partial charge in [-0.3, -0.25) is 0 Å². The molecule has 4 fully saturated rings. The zero-order valence-electron chi connectivity index (χ0n) is 14.8. The Bertz CT molecular complexity index is 658. The average Bonchev–Trinajstić information content (AvgIpc) is 3.05. The molecule has 1 heterocycles. The van der Waals surface area contributed by atoms with Crippen molar-refractivity contribution in [3.8, 4) is 0 Å². The van der Waals surface area contributed by atoms with E-state index in [1.807, 2.05) is 0 Å². The van der Waals surface area contributed by atoms with E-state index in [-0.39, 0.29) is 35.4 Å². The zero-order chi connectivity index (χ0) is 17.6. The van der Waals surface area contributed by atoms with Crippen molar-refractivity contribution in [1.82, 2.24) is 0 Å². The van der Waals surface area contributed by atoms with Crippen molar-refractivity contribution in [1.29, 1.82) is 0 Å². The number of esters is 1. The largest absolute Gasteiger partial charge is 0.455 e. The molecule has 0 radical (unpaired) electrons. The molecule has 1 aliphatic heterocycles. The van der Waals surface area contributed by atoms with Crippen molar-refractivity contribution >= 4 is 5.97 Å². The lowest BCUT2D eigenvalue weighted by molar-refractivity contribution is -0.169. The van der Waals surface area contributed by atoms with Gasteiger partial charge in [0.25, 0.3) is 0 Å². The van der Waals surface area contributed by atoms with E-state index < -0.39 is 11.7 Å². The molecule has 3 N–H and O–H groups in total. The second-order valence-corrected chi connectivity index (χ2v) is 9.52. The molecule has 5 heteroatoms. The highest BCUT2D eigenvalue weighted by Crippen LogP contribution is 2.71. The number of rotatable bonds is 1. The van der Waals surface area contributed by atoms with Crippen molar-refractivity contribution in [2.75, 3.05) is 6.61 Å². The second-order valence-electron chi connectivity index (χ2n) is 9.52. The van der Waals surface area contributed by atoms with Gasteiger partial charge in [-0.15, -0.1) is 0 Å². The maximum Gasteiger partial charge on any atom is 0.331 e. The molecule has 1 spiro atoms. The number of aliphatic hydroxyl groups excluding tert-OH is 2. The summed E-state index contributed by atoms with van der Waals surface area (Å²) < 4.78 is 5.47. The lowest BCUT2D eigenvalue weighted by atomic mass is 9.44. The number of aliphatic hydroxyl groups is 3. The van der Waals surface area contributed by atoms with Crippen LogP contribution in [0.2, 0.25) is 0 Å². The normalized spacial score (nSPS) is 56.6. The van der Waals surface area contributed by atoms with Crippen LogP contribution in [0.4, 0.5) is 0 Å². The third kappa shape index (κ3) is 1.77. The van der Waals surface area contributed by atoms with Gasteiger partial charge in [0.1, 0.15) is 11.7 Å². The van der Waals surface area contributed by atoms with Gasteiger partial charge in [-0.05, 0) is 73.7 Å². The minimum atomic E-state index is -1.35. The Labute approximate surface area is 148 Å². The highest BCUT2D eigenvalue weighted by Gasteiger charge is 2.71. The number of fused-ring (bicyclic) bond motifs is 5. The predicted molar refractivity (Wildman–Crippen MR) is 89.3 cm³/mol. The predicted octanol–water partition coefficient (Wildman–Crippen LogP) is 1.55. The summed E-state index contributed by atoms with van der Waals surface area (Å²) in [5, 5.41) is 31.9. The Morgan fingerprint density at radius 1 is 1.24 bits per heavy atom. The van der Waals surface area contributed by atoms with Crippen LogP contribution in [-0.2, 0) is 9.53 Å². The Kier molecular flexibility index (Phi) is 3.17. The molecule has 4 aliphatic carbocycles. The maximum absolute atomic E-state index is 11.8. The molecule has 8 unspecified atom stereocenters. The monoisotopic (exact) mass is 348 g/mol. The van der Waals surface area contributed by atoms with Gasteiger partial charge in [0.2, 0.25) is 0 Å². The van der Waals surface area contributed by atoms with Crippen LogP contribution in [0.5, 0.6) is 0 Å². The van der Waals surface area contributed by atoms with Gasteiger partial charge in [0.15, 0.2) is 0 Å². The van der Waals surface area contributed by atoms with Crippen LogP contribution in [0.15, 0.2) is 11.6 Å². The molecule has 2 bridgehead atoms.